The Balaban J connectivity index is 1.60. The molecule has 0 aliphatic carbocycles. The molecule has 4 rings (SSSR count). The van der Waals surface area contributed by atoms with E-state index in [9.17, 15) is 4.79 Å². The number of nitrogens with one attached hydrogen (secondary N) is 1. The Labute approximate surface area is 161 Å². The normalized spacial score (nSPS) is 16.3. The van der Waals surface area contributed by atoms with Gasteiger partial charge >= 0.3 is 0 Å². The molecule has 1 aliphatic rings. The number of para-hydroxylation sites is 1. The minimum absolute atomic E-state index is 0.0185. The molecule has 0 saturated heterocycles. The van der Waals surface area contributed by atoms with Gasteiger partial charge in [-0.3, -0.25) is 15.1 Å². The summed E-state index contributed by atoms with van der Waals surface area (Å²) in [5, 5.41) is 18.9. The molecule has 2 heterocycles. The number of hydrogen-bond acceptors (Lipinski definition) is 6. The molecule has 0 spiro atoms. The number of carbonyl (C=O) groups is 1. The molecule has 1 unspecified atom stereocenters. The van der Waals surface area contributed by atoms with Gasteiger partial charge in [-0.2, -0.15) is 5.10 Å². The lowest BCUT2D eigenvalue weighted by Gasteiger charge is -2.23. The Morgan fingerprint density at radius 1 is 1.11 bits per heavy atom. The van der Waals surface area contributed by atoms with Crippen molar-refractivity contribution in [2.75, 3.05) is 10.3 Å². The van der Waals surface area contributed by atoms with Crippen LogP contribution in [0.3, 0.4) is 0 Å². The second-order valence-electron chi connectivity index (χ2n) is 6.17. The monoisotopic (exact) mass is 377 g/mol. The van der Waals surface area contributed by atoms with Crippen molar-refractivity contribution in [1.29, 1.82) is 0 Å². The summed E-state index contributed by atoms with van der Waals surface area (Å²) in [5.41, 5.74) is 2.57. The van der Waals surface area contributed by atoms with Crippen molar-refractivity contribution < 1.29 is 4.79 Å². The first-order chi connectivity index (χ1) is 13.2. The molecule has 1 aromatic heterocycles. The zero-order valence-corrected chi connectivity index (χ0v) is 15.7. The second-order valence-corrected chi connectivity index (χ2v) is 7.23. The van der Waals surface area contributed by atoms with Crippen LogP contribution < -0.4 is 10.3 Å². The molecule has 0 bridgehead atoms. The zero-order valence-electron chi connectivity index (χ0n) is 14.9. The van der Waals surface area contributed by atoms with Gasteiger partial charge in [-0.15, -0.1) is 10.2 Å². The quantitative estimate of drug-likeness (QED) is 0.728. The van der Waals surface area contributed by atoms with Gasteiger partial charge in [-0.1, -0.05) is 66.8 Å². The predicted molar refractivity (Wildman–Crippen MR) is 108 cm³/mol. The van der Waals surface area contributed by atoms with Crippen LogP contribution in [0.15, 0.2) is 65.8 Å². The van der Waals surface area contributed by atoms with Gasteiger partial charge in [0.05, 0.1) is 11.7 Å². The summed E-state index contributed by atoms with van der Waals surface area (Å²) in [6.07, 6.45) is 1.33. The molecule has 1 N–H and O–H groups in total. The van der Waals surface area contributed by atoms with Crippen LogP contribution in [-0.4, -0.2) is 21.8 Å². The number of aromatic nitrogens is 2. The van der Waals surface area contributed by atoms with Gasteiger partial charge in [0.15, 0.2) is 0 Å². The summed E-state index contributed by atoms with van der Waals surface area (Å²) in [6.45, 7) is 2.01. The maximum Gasteiger partial charge on any atom is 0.273 e. The molecule has 27 heavy (non-hydrogen) atoms. The molecule has 0 saturated carbocycles. The van der Waals surface area contributed by atoms with Crippen LogP contribution in [0.5, 0.6) is 0 Å². The average molecular weight is 377 g/mol. The minimum atomic E-state index is -0.229. The number of benzene rings is 2. The topological polar surface area (TPSA) is 70.5 Å². The molecule has 2 aromatic carbocycles. The molecule has 1 aliphatic heterocycles. The number of hydrogen-bond donors (Lipinski definition) is 1. The molecule has 7 heteroatoms. The lowest BCUT2D eigenvalue weighted by Crippen LogP contribution is -2.21. The van der Waals surface area contributed by atoms with Gasteiger partial charge in [0.2, 0.25) is 5.13 Å². The molecular weight excluding hydrogens is 358 g/mol. The molecular formula is C20H19N5OS. The Morgan fingerprint density at radius 2 is 1.81 bits per heavy atom. The van der Waals surface area contributed by atoms with E-state index < -0.39 is 0 Å². The molecule has 3 aromatic rings. The maximum atomic E-state index is 12.7. The predicted octanol–water partition coefficient (Wildman–Crippen LogP) is 4.05. The first-order valence-electron chi connectivity index (χ1n) is 8.85. The largest absolute Gasteiger partial charge is 0.295 e. The van der Waals surface area contributed by atoms with Crippen molar-refractivity contribution in [3.05, 3.63) is 71.2 Å². The number of hydrazone groups is 1. The van der Waals surface area contributed by atoms with E-state index in [0.717, 1.165) is 22.7 Å². The van der Waals surface area contributed by atoms with Crippen molar-refractivity contribution in [2.24, 2.45) is 5.10 Å². The van der Waals surface area contributed by atoms with Crippen LogP contribution in [0, 0.1) is 0 Å². The Bertz CT molecular complexity index is 955. The fourth-order valence-corrected chi connectivity index (χ4v) is 3.69. The highest BCUT2D eigenvalue weighted by atomic mass is 32.1. The summed E-state index contributed by atoms with van der Waals surface area (Å²) >= 11 is 1.39. The minimum Gasteiger partial charge on any atom is -0.295 e. The first-order valence-corrected chi connectivity index (χ1v) is 9.66. The van der Waals surface area contributed by atoms with E-state index in [1.54, 1.807) is 0 Å². The summed E-state index contributed by atoms with van der Waals surface area (Å²) < 4.78 is 0. The molecule has 1 atom stereocenters. The van der Waals surface area contributed by atoms with E-state index in [2.05, 4.69) is 32.7 Å². The zero-order chi connectivity index (χ0) is 18.6. The van der Waals surface area contributed by atoms with E-state index in [0.29, 0.717) is 17.3 Å². The summed E-state index contributed by atoms with van der Waals surface area (Å²) in [7, 11) is 0. The number of nitrogens with zero attached hydrogens (tertiary/aromatic N) is 4. The lowest BCUT2D eigenvalue weighted by molar-refractivity contribution is -0.110. The van der Waals surface area contributed by atoms with Crippen LogP contribution in [0.2, 0.25) is 0 Å². The Kier molecular flexibility index (Phi) is 4.93. The number of carbonyl (C=O) groups excluding carboxylic acids is 1. The summed E-state index contributed by atoms with van der Waals surface area (Å²) in [6, 6.07) is 20.0. The third-order valence-corrected chi connectivity index (χ3v) is 5.35. The molecule has 0 fully saturated rings. The summed E-state index contributed by atoms with van der Waals surface area (Å²) in [4.78, 5) is 12.7. The third kappa shape index (κ3) is 3.73. The first kappa shape index (κ1) is 17.4. The molecule has 6 nitrogen and oxygen atoms in total. The van der Waals surface area contributed by atoms with Gasteiger partial charge in [0, 0.05) is 6.42 Å². The Morgan fingerprint density at radius 3 is 2.48 bits per heavy atom. The van der Waals surface area contributed by atoms with E-state index in [4.69, 9.17) is 0 Å². The van der Waals surface area contributed by atoms with Gasteiger partial charge in [-0.25, -0.2) is 0 Å². The number of rotatable bonds is 5. The molecule has 0 radical (unpaired) electrons. The fourth-order valence-electron chi connectivity index (χ4n) is 3.02. The van der Waals surface area contributed by atoms with Crippen molar-refractivity contribution in [1.82, 2.24) is 10.2 Å². The highest BCUT2D eigenvalue weighted by molar-refractivity contribution is 7.15. The second kappa shape index (κ2) is 7.67. The van der Waals surface area contributed by atoms with Gasteiger partial charge in [-0.05, 0) is 24.1 Å². The third-order valence-electron chi connectivity index (χ3n) is 4.37. The van der Waals surface area contributed by atoms with Crippen LogP contribution in [0.25, 0.3) is 0 Å². The van der Waals surface area contributed by atoms with Crippen LogP contribution >= 0.6 is 11.3 Å². The van der Waals surface area contributed by atoms with Crippen molar-refractivity contribution >= 4 is 33.8 Å². The van der Waals surface area contributed by atoms with Gasteiger partial charge < -0.3 is 0 Å². The SMILES string of the molecule is CCc1nnc(NC(=O)C2=NN(c3ccccc3)C(c3ccccc3)C2)s1. The number of anilines is 2. The van der Waals surface area contributed by atoms with E-state index in [1.807, 2.05) is 60.5 Å². The Hall–Kier alpha value is -3.06. The smallest absolute Gasteiger partial charge is 0.273 e. The summed E-state index contributed by atoms with van der Waals surface area (Å²) in [5.74, 6) is -0.229. The maximum absolute atomic E-state index is 12.7. The van der Waals surface area contributed by atoms with Crippen LogP contribution in [0.1, 0.15) is 30.0 Å². The van der Waals surface area contributed by atoms with Crippen LogP contribution in [0.4, 0.5) is 10.8 Å². The van der Waals surface area contributed by atoms with Crippen molar-refractivity contribution in [2.45, 2.75) is 25.8 Å². The number of amides is 1. The van der Waals surface area contributed by atoms with Gasteiger partial charge in [0.1, 0.15) is 10.7 Å². The standard InChI is InChI=1S/C20H19N5OS/c1-2-18-22-23-20(27-18)21-19(26)16-13-17(14-9-5-3-6-10-14)25(24-16)15-11-7-4-8-12-15/h3-12,17H,2,13H2,1H3,(H,21,23,26). The molecule has 1 amide bonds. The average Bonchev–Trinajstić information content (AvgIpc) is 3.36. The fraction of sp³-hybridized carbons (Fsp3) is 0.200. The van der Waals surface area contributed by atoms with E-state index in [-0.39, 0.29) is 11.9 Å². The van der Waals surface area contributed by atoms with Crippen molar-refractivity contribution in [3.63, 3.8) is 0 Å². The van der Waals surface area contributed by atoms with Crippen molar-refractivity contribution in [3.8, 4) is 0 Å². The number of aryl methyl sites for hydroxylation is 1. The lowest BCUT2D eigenvalue weighted by atomic mass is 10.0. The molecule has 136 valence electrons. The van der Waals surface area contributed by atoms with Gasteiger partial charge in [0.25, 0.3) is 5.91 Å². The van der Waals surface area contributed by atoms with E-state index in [1.165, 1.54) is 11.3 Å². The van der Waals surface area contributed by atoms with Crippen LogP contribution in [-0.2, 0) is 11.2 Å². The van der Waals surface area contributed by atoms with E-state index >= 15 is 0 Å². The highest BCUT2D eigenvalue weighted by Gasteiger charge is 2.32. The highest BCUT2D eigenvalue weighted by Crippen LogP contribution is 2.35.